The number of hydrogen-bond acceptors (Lipinski definition) is 3. The van der Waals surface area contributed by atoms with Crippen molar-refractivity contribution in [3.05, 3.63) is 29.8 Å². The van der Waals surface area contributed by atoms with Crippen LogP contribution in [0.25, 0.3) is 0 Å². The highest BCUT2D eigenvalue weighted by Gasteiger charge is 2.13. The first-order valence-corrected chi connectivity index (χ1v) is 8.57. The van der Waals surface area contributed by atoms with Gasteiger partial charge in [-0.15, -0.1) is 0 Å². The van der Waals surface area contributed by atoms with Gasteiger partial charge >= 0.3 is 0 Å². The van der Waals surface area contributed by atoms with Gasteiger partial charge in [0, 0.05) is 6.04 Å². The zero-order valence-corrected chi connectivity index (χ0v) is 12.9. The molecule has 1 rings (SSSR count). The topological polar surface area (TPSA) is 60.2 Å². The predicted octanol–water partition coefficient (Wildman–Crippen LogP) is 2.79. The number of rotatable bonds is 7. The van der Waals surface area contributed by atoms with Crippen molar-refractivity contribution in [2.45, 2.75) is 51.0 Å². The van der Waals surface area contributed by atoms with E-state index in [-0.39, 0.29) is 11.8 Å². The van der Waals surface area contributed by atoms with Crippen LogP contribution < -0.4 is 5.73 Å². The Hall–Kier alpha value is -0.870. The first-order chi connectivity index (χ1) is 8.85. The Balaban J connectivity index is 2.72. The normalized spacial score (nSPS) is 15.2. The van der Waals surface area contributed by atoms with Gasteiger partial charge in [0.2, 0.25) is 0 Å². The number of benzene rings is 1. The van der Waals surface area contributed by atoms with E-state index < -0.39 is 9.84 Å². The van der Waals surface area contributed by atoms with Gasteiger partial charge in [0.25, 0.3) is 0 Å². The van der Waals surface area contributed by atoms with Gasteiger partial charge < -0.3 is 5.73 Å². The zero-order chi connectivity index (χ0) is 14.5. The van der Waals surface area contributed by atoms with E-state index in [2.05, 4.69) is 6.92 Å². The van der Waals surface area contributed by atoms with Crippen molar-refractivity contribution >= 4 is 9.84 Å². The summed E-state index contributed by atoms with van der Waals surface area (Å²) in [5.41, 5.74) is 6.95. The molecule has 108 valence electrons. The van der Waals surface area contributed by atoms with Crippen LogP contribution >= 0.6 is 0 Å². The maximum atomic E-state index is 11.9. The van der Waals surface area contributed by atoms with Gasteiger partial charge in [0.15, 0.2) is 9.84 Å². The Morgan fingerprint density at radius 1 is 1.16 bits per heavy atom. The molecule has 0 bridgehead atoms. The molecule has 4 heteroatoms. The Kier molecular flexibility index (Phi) is 6.01. The van der Waals surface area contributed by atoms with E-state index in [1.165, 1.54) is 5.56 Å². The molecule has 0 saturated carbocycles. The lowest BCUT2D eigenvalue weighted by Crippen LogP contribution is -2.19. The lowest BCUT2D eigenvalue weighted by Gasteiger charge is -2.14. The maximum absolute atomic E-state index is 11.9. The SMILES string of the molecule is CCCS(=O)(=O)c1ccc(CC(C)CC(C)N)cc1. The van der Waals surface area contributed by atoms with Gasteiger partial charge in [-0.25, -0.2) is 8.42 Å². The van der Waals surface area contributed by atoms with E-state index in [1.807, 2.05) is 26.0 Å². The molecule has 0 aliphatic carbocycles. The van der Waals surface area contributed by atoms with Crippen molar-refractivity contribution in [2.24, 2.45) is 11.7 Å². The van der Waals surface area contributed by atoms with Gasteiger partial charge in [0.05, 0.1) is 10.6 Å². The molecule has 0 aliphatic heterocycles. The number of hydrogen-bond donors (Lipinski definition) is 1. The molecule has 1 aromatic carbocycles. The molecule has 0 saturated heterocycles. The average Bonchev–Trinajstić information content (AvgIpc) is 2.28. The van der Waals surface area contributed by atoms with Crippen LogP contribution in [0.4, 0.5) is 0 Å². The van der Waals surface area contributed by atoms with Crippen molar-refractivity contribution in [3.63, 3.8) is 0 Å². The van der Waals surface area contributed by atoms with Gasteiger partial charge in [-0.2, -0.15) is 0 Å². The predicted molar refractivity (Wildman–Crippen MR) is 79.9 cm³/mol. The highest BCUT2D eigenvalue weighted by Crippen LogP contribution is 2.17. The van der Waals surface area contributed by atoms with Gasteiger partial charge in [-0.3, -0.25) is 0 Å². The van der Waals surface area contributed by atoms with Gasteiger partial charge in [0.1, 0.15) is 0 Å². The van der Waals surface area contributed by atoms with Crippen LogP contribution in [0.15, 0.2) is 29.2 Å². The molecule has 2 N–H and O–H groups in total. The maximum Gasteiger partial charge on any atom is 0.178 e. The van der Waals surface area contributed by atoms with Crippen molar-refractivity contribution in [3.8, 4) is 0 Å². The van der Waals surface area contributed by atoms with Crippen LogP contribution in [-0.4, -0.2) is 20.2 Å². The van der Waals surface area contributed by atoms with Gasteiger partial charge in [-0.05, 0) is 49.8 Å². The second-order valence-corrected chi connectivity index (χ2v) is 7.59. The van der Waals surface area contributed by atoms with Crippen LogP contribution in [0.3, 0.4) is 0 Å². The van der Waals surface area contributed by atoms with Crippen LogP contribution in [-0.2, 0) is 16.3 Å². The monoisotopic (exact) mass is 283 g/mol. The van der Waals surface area contributed by atoms with Crippen molar-refractivity contribution in [1.82, 2.24) is 0 Å². The van der Waals surface area contributed by atoms with E-state index in [4.69, 9.17) is 5.73 Å². The largest absolute Gasteiger partial charge is 0.328 e. The van der Waals surface area contributed by atoms with Gasteiger partial charge in [-0.1, -0.05) is 26.0 Å². The minimum Gasteiger partial charge on any atom is -0.328 e. The molecule has 1 aromatic rings. The molecule has 3 nitrogen and oxygen atoms in total. The minimum atomic E-state index is -3.09. The lowest BCUT2D eigenvalue weighted by molar-refractivity contribution is 0.480. The highest BCUT2D eigenvalue weighted by atomic mass is 32.2. The Bertz CT molecular complexity index is 477. The third-order valence-corrected chi connectivity index (χ3v) is 5.05. The zero-order valence-electron chi connectivity index (χ0n) is 12.1. The smallest absolute Gasteiger partial charge is 0.178 e. The molecule has 0 aromatic heterocycles. The van der Waals surface area contributed by atoms with Crippen molar-refractivity contribution in [1.29, 1.82) is 0 Å². The molecule has 19 heavy (non-hydrogen) atoms. The average molecular weight is 283 g/mol. The Morgan fingerprint density at radius 3 is 2.21 bits per heavy atom. The van der Waals surface area contributed by atoms with E-state index in [0.29, 0.717) is 17.2 Å². The molecule has 0 radical (unpaired) electrons. The molecule has 0 aliphatic rings. The molecule has 0 amide bonds. The Labute approximate surface area is 117 Å². The molecule has 0 spiro atoms. The van der Waals surface area contributed by atoms with Crippen molar-refractivity contribution < 1.29 is 8.42 Å². The van der Waals surface area contributed by atoms with E-state index in [9.17, 15) is 8.42 Å². The molecular formula is C15H25NO2S. The summed E-state index contributed by atoms with van der Waals surface area (Å²) in [6.45, 7) is 6.06. The molecule has 0 heterocycles. The molecular weight excluding hydrogens is 258 g/mol. The fourth-order valence-electron chi connectivity index (χ4n) is 2.34. The summed E-state index contributed by atoms with van der Waals surface area (Å²) in [5.74, 6) is 0.728. The summed E-state index contributed by atoms with van der Waals surface area (Å²) < 4.78 is 23.8. The summed E-state index contributed by atoms with van der Waals surface area (Å²) >= 11 is 0. The van der Waals surface area contributed by atoms with Crippen molar-refractivity contribution in [2.75, 3.05) is 5.75 Å². The minimum absolute atomic E-state index is 0.208. The highest BCUT2D eigenvalue weighted by molar-refractivity contribution is 7.91. The number of nitrogens with two attached hydrogens (primary N) is 1. The summed E-state index contributed by atoms with van der Waals surface area (Å²) in [5, 5.41) is 0. The molecule has 2 atom stereocenters. The van der Waals surface area contributed by atoms with E-state index in [1.54, 1.807) is 12.1 Å². The fraction of sp³-hybridized carbons (Fsp3) is 0.600. The second kappa shape index (κ2) is 7.06. The first-order valence-electron chi connectivity index (χ1n) is 6.92. The third kappa shape index (κ3) is 5.33. The summed E-state index contributed by atoms with van der Waals surface area (Å²) in [6, 6.07) is 7.48. The van der Waals surface area contributed by atoms with Crippen LogP contribution in [0.2, 0.25) is 0 Å². The number of sulfone groups is 1. The summed E-state index contributed by atoms with van der Waals surface area (Å²) in [6.07, 6.45) is 2.57. The molecule has 2 unspecified atom stereocenters. The van der Waals surface area contributed by atoms with E-state index >= 15 is 0 Å². The van der Waals surface area contributed by atoms with Crippen LogP contribution in [0.5, 0.6) is 0 Å². The quantitative estimate of drug-likeness (QED) is 0.837. The van der Waals surface area contributed by atoms with Crippen LogP contribution in [0, 0.1) is 5.92 Å². The summed E-state index contributed by atoms with van der Waals surface area (Å²) in [4.78, 5) is 0.429. The lowest BCUT2D eigenvalue weighted by atomic mass is 9.95. The second-order valence-electron chi connectivity index (χ2n) is 5.49. The molecule has 0 fully saturated rings. The third-order valence-electron chi connectivity index (χ3n) is 3.11. The Morgan fingerprint density at radius 2 is 1.74 bits per heavy atom. The first kappa shape index (κ1) is 16.2. The van der Waals surface area contributed by atoms with Crippen LogP contribution in [0.1, 0.15) is 39.2 Å². The fourth-order valence-corrected chi connectivity index (χ4v) is 3.66. The van der Waals surface area contributed by atoms with E-state index in [0.717, 1.165) is 12.8 Å². The summed E-state index contributed by atoms with van der Waals surface area (Å²) in [7, 11) is -3.09. The standard InChI is InChI=1S/C15H25NO2S/c1-4-9-19(17,18)15-7-5-14(6-8-15)11-12(2)10-13(3)16/h5-8,12-13H,4,9-11,16H2,1-3H3.